The first kappa shape index (κ1) is 21.0. The van der Waals surface area contributed by atoms with Crippen LogP contribution in [-0.4, -0.2) is 37.2 Å². The van der Waals surface area contributed by atoms with Gasteiger partial charge in [-0.2, -0.15) is 0 Å². The molecule has 152 valence electrons. The molecule has 5 heteroatoms. The van der Waals surface area contributed by atoms with Crippen molar-refractivity contribution in [2.75, 3.05) is 26.2 Å². The topological polar surface area (TPSA) is 33.7 Å². The smallest absolute Gasteiger partial charge is 0.166 e. The maximum atomic E-state index is 6.19. The van der Waals surface area contributed by atoms with Crippen LogP contribution < -0.4 is 14.8 Å². The van der Waals surface area contributed by atoms with Gasteiger partial charge in [-0.3, -0.25) is 4.90 Å². The summed E-state index contributed by atoms with van der Waals surface area (Å²) in [7, 11) is 0. The Bertz CT molecular complexity index is 736. The molecule has 28 heavy (non-hydrogen) atoms. The van der Waals surface area contributed by atoms with Gasteiger partial charge in [0.2, 0.25) is 0 Å². The van der Waals surface area contributed by atoms with Gasteiger partial charge >= 0.3 is 0 Å². The van der Waals surface area contributed by atoms with Crippen molar-refractivity contribution in [1.82, 2.24) is 10.2 Å². The van der Waals surface area contributed by atoms with Crippen molar-refractivity contribution >= 4 is 11.6 Å². The van der Waals surface area contributed by atoms with Gasteiger partial charge in [-0.1, -0.05) is 42.8 Å². The molecule has 1 N–H and O–H groups in total. The SMILES string of the molecule is CCOc1cccc(CNCC2CCCN2CC)c1OCc1ccc(Cl)cc1. The summed E-state index contributed by atoms with van der Waals surface area (Å²) in [6, 6.07) is 14.5. The Hall–Kier alpha value is -1.75. The van der Waals surface area contributed by atoms with Crippen LogP contribution in [0.1, 0.15) is 37.8 Å². The van der Waals surface area contributed by atoms with Crippen LogP contribution in [0, 0.1) is 0 Å². The Labute approximate surface area is 173 Å². The molecule has 0 saturated carbocycles. The van der Waals surface area contributed by atoms with Crippen molar-refractivity contribution in [2.24, 2.45) is 0 Å². The van der Waals surface area contributed by atoms with Crippen molar-refractivity contribution < 1.29 is 9.47 Å². The van der Waals surface area contributed by atoms with E-state index in [4.69, 9.17) is 21.1 Å². The van der Waals surface area contributed by atoms with E-state index in [1.54, 1.807) is 0 Å². The molecule has 1 fully saturated rings. The summed E-state index contributed by atoms with van der Waals surface area (Å²) in [6.07, 6.45) is 2.58. The van der Waals surface area contributed by atoms with Gasteiger partial charge in [0.15, 0.2) is 11.5 Å². The molecule has 0 aromatic heterocycles. The third-order valence-corrected chi connectivity index (χ3v) is 5.51. The minimum atomic E-state index is 0.487. The third kappa shape index (κ3) is 5.63. The van der Waals surface area contributed by atoms with Crippen molar-refractivity contribution in [2.45, 2.75) is 45.9 Å². The highest BCUT2D eigenvalue weighted by Gasteiger charge is 2.22. The van der Waals surface area contributed by atoms with Gasteiger partial charge in [0.1, 0.15) is 6.61 Å². The number of hydrogen-bond acceptors (Lipinski definition) is 4. The van der Waals surface area contributed by atoms with Gasteiger partial charge in [-0.25, -0.2) is 0 Å². The number of hydrogen-bond donors (Lipinski definition) is 1. The van der Waals surface area contributed by atoms with E-state index in [-0.39, 0.29) is 0 Å². The summed E-state index contributed by atoms with van der Waals surface area (Å²) in [5.74, 6) is 1.62. The number of nitrogens with zero attached hydrogens (tertiary/aromatic N) is 1. The van der Waals surface area contributed by atoms with Gasteiger partial charge < -0.3 is 14.8 Å². The molecular formula is C23H31ClN2O2. The van der Waals surface area contributed by atoms with Crippen LogP contribution in [0.3, 0.4) is 0 Å². The minimum absolute atomic E-state index is 0.487. The molecule has 1 aliphatic rings. The highest BCUT2D eigenvalue weighted by atomic mass is 35.5. The lowest BCUT2D eigenvalue weighted by molar-refractivity contribution is 0.256. The van der Waals surface area contributed by atoms with Gasteiger partial charge in [-0.15, -0.1) is 0 Å². The molecule has 3 rings (SSSR count). The Morgan fingerprint density at radius 2 is 1.93 bits per heavy atom. The largest absolute Gasteiger partial charge is 0.490 e. The predicted molar refractivity (Wildman–Crippen MR) is 115 cm³/mol. The Balaban J connectivity index is 1.65. The van der Waals surface area contributed by atoms with E-state index in [1.165, 1.54) is 19.4 Å². The summed E-state index contributed by atoms with van der Waals surface area (Å²) in [4.78, 5) is 2.56. The maximum absolute atomic E-state index is 6.19. The van der Waals surface area contributed by atoms with Crippen molar-refractivity contribution in [1.29, 1.82) is 0 Å². The molecule has 0 radical (unpaired) electrons. The fraction of sp³-hybridized carbons (Fsp3) is 0.478. The van der Waals surface area contributed by atoms with Crippen LogP contribution in [0.15, 0.2) is 42.5 Å². The van der Waals surface area contributed by atoms with Crippen LogP contribution in [0.25, 0.3) is 0 Å². The number of para-hydroxylation sites is 1. The van der Waals surface area contributed by atoms with Crippen molar-refractivity contribution in [3.8, 4) is 11.5 Å². The van der Waals surface area contributed by atoms with Crippen molar-refractivity contribution in [3.63, 3.8) is 0 Å². The average molecular weight is 403 g/mol. The lowest BCUT2D eigenvalue weighted by atomic mass is 10.1. The van der Waals surface area contributed by atoms with Gasteiger partial charge in [-0.05, 0) is 56.6 Å². The zero-order chi connectivity index (χ0) is 19.8. The average Bonchev–Trinajstić information content (AvgIpc) is 3.16. The Morgan fingerprint density at radius 1 is 1.11 bits per heavy atom. The first-order chi connectivity index (χ1) is 13.7. The van der Waals surface area contributed by atoms with E-state index >= 15 is 0 Å². The molecule has 4 nitrogen and oxygen atoms in total. The normalized spacial score (nSPS) is 17.0. The second-order valence-corrected chi connectivity index (χ2v) is 7.58. The predicted octanol–water partition coefficient (Wildman–Crippen LogP) is 4.89. The zero-order valence-electron chi connectivity index (χ0n) is 16.9. The minimum Gasteiger partial charge on any atom is -0.490 e. The van der Waals surface area contributed by atoms with Gasteiger partial charge in [0.05, 0.1) is 6.61 Å². The van der Waals surface area contributed by atoms with Crippen molar-refractivity contribution in [3.05, 3.63) is 58.6 Å². The lowest BCUT2D eigenvalue weighted by Crippen LogP contribution is -2.37. The van der Waals surface area contributed by atoms with E-state index in [9.17, 15) is 0 Å². The summed E-state index contributed by atoms with van der Waals surface area (Å²) in [5, 5.41) is 4.36. The Kier molecular flexibility index (Phi) is 8.01. The highest BCUT2D eigenvalue weighted by Crippen LogP contribution is 2.32. The summed E-state index contributed by atoms with van der Waals surface area (Å²) < 4.78 is 12.0. The second kappa shape index (κ2) is 10.7. The molecular weight excluding hydrogens is 372 g/mol. The standard InChI is InChI=1S/C23H31ClN2O2/c1-3-26-14-6-8-21(26)16-25-15-19-7-5-9-22(27-4-2)23(19)28-17-18-10-12-20(24)13-11-18/h5,7,9-13,21,25H,3-4,6,8,14-17H2,1-2H3. The molecule has 1 unspecified atom stereocenters. The molecule has 2 aromatic carbocycles. The molecule has 2 aromatic rings. The molecule has 0 aliphatic carbocycles. The highest BCUT2D eigenvalue weighted by molar-refractivity contribution is 6.30. The summed E-state index contributed by atoms with van der Waals surface area (Å²) in [6.45, 7) is 9.45. The van der Waals surface area contributed by atoms with Gasteiger partial charge in [0, 0.05) is 29.7 Å². The summed E-state index contributed by atoms with van der Waals surface area (Å²) >= 11 is 5.98. The fourth-order valence-corrected chi connectivity index (χ4v) is 3.91. The van der Waals surface area contributed by atoms with Gasteiger partial charge in [0.25, 0.3) is 0 Å². The number of halogens is 1. The lowest BCUT2D eigenvalue weighted by Gasteiger charge is -2.23. The number of rotatable bonds is 10. The quantitative estimate of drug-likeness (QED) is 0.613. The second-order valence-electron chi connectivity index (χ2n) is 7.15. The van der Waals surface area contributed by atoms with E-state index < -0.39 is 0 Å². The molecule has 0 amide bonds. The zero-order valence-corrected chi connectivity index (χ0v) is 17.7. The Morgan fingerprint density at radius 3 is 2.68 bits per heavy atom. The van der Waals surface area contributed by atoms with Crippen LogP contribution >= 0.6 is 11.6 Å². The number of likely N-dealkylation sites (N-methyl/N-ethyl adjacent to an activating group) is 1. The first-order valence-electron chi connectivity index (χ1n) is 10.3. The molecule has 1 atom stereocenters. The molecule has 0 spiro atoms. The van der Waals surface area contributed by atoms with E-state index in [0.717, 1.165) is 47.3 Å². The van der Waals surface area contributed by atoms with Crippen LogP contribution in [0.2, 0.25) is 5.02 Å². The van der Waals surface area contributed by atoms with E-state index in [2.05, 4.69) is 23.2 Å². The number of likely N-dealkylation sites (tertiary alicyclic amines) is 1. The number of benzene rings is 2. The van der Waals surface area contributed by atoms with Crippen LogP contribution in [-0.2, 0) is 13.2 Å². The third-order valence-electron chi connectivity index (χ3n) is 5.26. The molecule has 1 heterocycles. The van der Waals surface area contributed by atoms with Crippen LogP contribution in [0.4, 0.5) is 0 Å². The maximum Gasteiger partial charge on any atom is 0.166 e. The first-order valence-corrected chi connectivity index (χ1v) is 10.7. The fourth-order valence-electron chi connectivity index (χ4n) is 3.79. The number of nitrogens with one attached hydrogen (secondary N) is 1. The number of ether oxygens (including phenoxy) is 2. The molecule has 1 aliphatic heterocycles. The monoisotopic (exact) mass is 402 g/mol. The molecule has 1 saturated heterocycles. The molecule has 0 bridgehead atoms. The summed E-state index contributed by atoms with van der Waals surface area (Å²) in [5.41, 5.74) is 2.21. The van der Waals surface area contributed by atoms with Crippen LogP contribution in [0.5, 0.6) is 11.5 Å². The van der Waals surface area contributed by atoms with E-state index in [1.807, 2.05) is 43.3 Å². The van der Waals surface area contributed by atoms with E-state index in [0.29, 0.717) is 19.3 Å².